The first-order valence-electron chi connectivity index (χ1n) is 10.1. The SMILES string of the molecule is CCC(Oc1cccc(C)c1)C(=O)Nc1ccccc1C(=O)N1CCN(C)CC1. The van der Waals surface area contributed by atoms with Gasteiger partial charge in [-0.25, -0.2) is 0 Å². The molecule has 1 fully saturated rings. The van der Waals surface area contributed by atoms with E-state index < -0.39 is 6.10 Å². The highest BCUT2D eigenvalue weighted by Crippen LogP contribution is 2.20. The van der Waals surface area contributed by atoms with Crippen molar-refractivity contribution in [2.24, 2.45) is 0 Å². The third kappa shape index (κ3) is 5.35. The number of hydrogen-bond acceptors (Lipinski definition) is 4. The Bertz CT molecular complexity index is 860. The normalized spacial score (nSPS) is 15.6. The lowest BCUT2D eigenvalue weighted by molar-refractivity contribution is -0.122. The summed E-state index contributed by atoms with van der Waals surface area (Å²) >= 11 is 0. The number of para-hydroxylation sites is 1. The third-order valence-electron chi connectivity index (χ3n) is 5.14. The van der Waals surface area contributed by atoms with Crippen LogP contribution in [0.2, 0.25) is 0 Å². The molecule has 0 aromatic heterocycles. The van der Waals surface area contributed by atoms with Gasteiger partial charge in [0.25, 0.3) is 11.8 Å². The summed E-state index contributed by atoms with van der Waals surface area (Å²) in [6, 6.07) is 14.8. The number of nitrogens with zero attached hydrogens (tertiary/aromatic N) is 2. The molecule has 3 rings (SSSR count). The number of ether oxygens (including phenoxy) is 1. The van der Waals surface area contributed by atoms with E-state index in [9.17, 15) is 9.59 Å². The van der Waals surface area contributed by atoms with Crippen LogP contribution in [0.1, 0.15) is 29.3 Å². The molecule has 2 aromatic carbocycles. The molecule has 1 atom stereocenters. The van der Waals surface area contributed by atoms with Crippen LogP contribution in [-0.2, 0) is 4.79 Å². The average molecular weight is 396 g/mol. The van der Waals surface area contributed by atoms with Gasteiger partial charge >= 0.3 is 0 Å². The monoisotopic (exact) mass is 395 g/mol. The summed E-state index contributed by atoms with van der Waals surface area (Å²) in [6.07, 6.45) is -0.113. The van der Waals surface area contributed by atoms with Gasteiger partial charge in [0, 0.05) is 26.2 Å². The van der Waals surface area contributed by atoms with Gasteiger partial charge in [-0.15, -0.1) is 0 Å². The molecule has 1 heterocycles. The van der Waals surface area contributed by atoms with Crippen molar-refractivity contribution in [2.75, 3.05) is 38.5 Å². The summed E-state index contributed by atoms with van der Waals surface area (Å²) in [7, 11) is 2.05. The predicted octanol–water partition coefficient (Wildman–Crippen LogP) is 3.18. The second kappa shape index (κ2) is 9.56. The van der Waals surface area contributed by atoms with Gasteiger partial charge < -0.3 is 19.9 Å². The van der Waals surface area contributed by atoms with Gasteiger partial charge in [0.15, 0.2) is 6.10 Å². The van der Waals surface area contributed by atoms with Crippen LogP contribution in [0.3, 0.4) is 0 Å². The summed E-state index contributed by atoms with van der Waals surface area (Å²) in [5.74, 6) is 0.350. The summed E-state index contributed by atoms with van der Waals surface area (Å²) in [5, 5.41) is 2.90. The smallest absolute Gasteiger partial charge is 0.265 e. The van der Waals surface area contributed by atoms with Gasteiger partial charge in [0.05, 0.1) is 11.3 Å². The zero-order chi connectivity index (χ0) is 20.8. The maximum absolute atomic E-state index is 13.0. The number of aryl methyl sites for hydroxylation is 1. The summed E-state index contributed by atoms with van der Waals surface area (Å²) in [5.41, 5.74) is 2.10. The Balaban J connectivity index is 1.72. The topological polar surface area (TPSA) is 61.9 Å². The largest absolute Gasteiger partial charge is 0.481 e. The molecule has 2 aromatic rings. The van der Waals surface area contributed by atoms with E-state index in [2.05, 4.69) is 17.3 Å². The summed E-state index contributed by atoms with van der Waals surface area (Å²) < 4.78 is 5.89. The molecule has 154 valence electrons. The fourth-order valence-electron chi connectivity index (χ4n) is 3.35. The van der Waals surface area contributed by atoms with E-state index in [1.807, 2.05) is 55.1 Å². The van der Waals surface area contributed by atoms with Gasteiger partial charge in [-0.05, 0) is 50.2 Å². The first kappa shape index (κ1) is 20.9. The minimum Gasteiger partial charge on any atom is -0.481 e. The molecule has 1 aliphatic heterocycles. The van der Waals surface area contributed by atoms with Gasteiger partial charge in [0.2, 0.25) is 0 Å². The molecule has 1 unspecified atom stereocenters. The Morgan fingerprint density at radius 2 is 1.79 bits per heavy atom. The number of benzene rings is 2. The Labute approximate surface area is 172 Å². The van der Waals surface area contributed by atoms with Gasteiger partial charge in [-0.2, -0.15) is 0 Å². The standard InChI is InChI=1S/C23H29N3O3/c1-4-21(29-18-9-7-8-17(2)16-18)22(27)24-20-11-6-5-10-19(20)23(28)26-14-12-25(3)13-15-26/h5-11,16,21H,4,12-15H2,1-3H3,(H,24,27). The number of likely N-dealkylation sites (N-methyl/N-ethyl adjacent to an activating group) is 1. The number of rotatable bonds is 6. The Morgan fingerprint density at radius 1 is 1.07 bits per heavy atom. The fraction of sp³-hybridized carbons (Fsp3) is 0.391. The highest BCUT2D eigenvalue weighted by atomic mass is 16.5. The number of carbonyl (C=O) groups is 2. The molecule has 1 N–H and O–H groups in total. The van der Waals surface area contributed by atoms with E-state index in [0.29, 0.717) is 36.5 Å². The van der Waals surface area contributed by atoms with Crippen LogP contribution in [0.5, 0.6) is 5.75 Å². The molecule has 1 aliphatic rings. The zero-order valence-electron chi connectivity index (χ0n) is 17.4. The molecule has 0 spiro atoms. The van der Waals surface area contributed by atoms with Crippen molar-refractivity contribution < 1.29 is 14.3 Å². The lowest BCUT2D eigenvalue weighted by Crippen LogP contribution is -2.47. The fourth-order valence-corrected chi connectivity index (χ4v) is 3.35. The van der Waals surface area contributed by atoms with Crippen molar-refractivity contribution in [3.05, 3.63) is 59.7 Å². The van der Waals surface area contributed by atoms with E-state index in [1.165, 1.54) is 0 Å². The molecule has 0 aliphatic carbocycles. The maximum Gasteiger partial charge on any atom is 0.265 e. The number of piperazine rings is 1. The lowest BCUT2D eigenvalue weighted by Gasteiger charge is -2.32. The van der Waals surface area contributed by atoms with Gasteiger partial charge in [-0.1, -0.05) is 31.2 Å². The summed E-state index contributed by atoms with van der Waals surface area (Å²) in [4.78, 5) is 29.9. The van der Waals surface area contributed by atoms with Crippen molar-refractivity contribution in [2.45, 2.75) is 26.4 Å². The molecule has 0 bridgehead atoms. The highest BCUT2D eigenvalue weighted by molar-refractivity contribution is 6.04. The van der Waals surface area contributed by atoms with E-state index in [4.69, 9.17) is 4.74 Å². The third-order valence-corrected chi connectivity index (χ3v) is 5.14. The molecule has 6 heteroatoms. The quantitative estimate of drug-likeness (QED) is 0.816. The Kier molecular flexibility index (Phi) is 6.88. The molecular weight excluding hydrogens is 366 g/mol. The van der Waals surface area contributed by atoms with Crippen LogP contribution >= 0.6 is 0 Å². The number of nitrogens with one attached hydrogen (secondary N) is 1. The average Bonchev–Trinajstić information content (AvgIpc) is 2.72. The van der Waals surface area contributed by atoms with Crippen molar-refractivity contribution >= 4 is 17.5 Å². The maximum atomic E-state index is 13.0. The second-order valence-electron chi connectivity index (χ2n) is 7.46. The molecule has 6 nitrogen and oxygen atoms in total. The molecular formula is C23H29N3O3. The second-order valence-corrected chi connectivity index (χ2v) is 7.46. The van der Waals surface area contributed by atoms with Crippen LogP contribution in [0.4, 0.5) is 5.69 Å². The van der Waals surface area contributed by atoms with Crippen LogP contribution in [0, 0.1) is 6.92 Å². The minimum absolute atomic E-state index is 0.0540. The number of amides is 2. The first-order chi connectivity index (χ1) is 14.0. The lowest BCUT2D eigenvalue weighted by atomic mass is 10.1. The predicted molar refractivity (Wildman–Crippen MR) is 114 cm³/mol. The van der Waals surface area contributed by atoms with Crippen LogP contribution in [-0.4, -0.2) is 60.9 Å². The van der Waals surface area contributed by atoms with Crippen LogP contribution < -0.4 is 10.1 Å². The molecule has 29 heavy (non-hydrogen) atoms. The summed E-state index contributed by atoms with van der Waals surface area (Å²) in [6.45, 7) is 6.96. The van der Waals surface area contributed by atoms with Crippen molar-refractivity contribution in [1.29, 1.82) is 0 Å². The van der Waals surface area contributed by atoms with E-state index >= 15 is 0 Å². The number of carbonyl (C=O) groups excluding carboxylic acids is 2. The Hall–Kier alpha value is -2.86. The zero-order valence-corrected chi connectivity index (χ0v) is 17.4. The molecule has 2 amide bonds. The Morgan fingerprint density at radius 3 is 2.48 bits per heavy atom. The van der Waals surface area contributed by atoms with Crippen LogP contribution in [0.25, 0.3) is 0 Å². The van der Waals surface area contributed by atoms with Crippen molar-refractivity contribution in [3.63, 3.8) is 0 Å². The van der Waals surface area contributed by atoms with Crippen molar-refractivity contribution in [1.82, 2.24) is 9.80 Å². The number of hydrogen-bond donors (Lipinski definition) is 1. The first-order valence-corrected chi connectivity index (χ1v) is 10.1. The van der Waals surface area contributed by atoms with Gasteiger partial charge in [-0.3, -0.25) is 9.59 Å². The van der Waals surface area contributed by atoms with Gasteiger partial charge in [0.1, 0.15) is 5.75 Å². The van der Waals surface area contributed by atoms with Crippen LogP contribution in [0.15, 0.2) is 48.5 Å². The van der Waals surface area contributed by atoms with E-state index in [-0.39, 0.29) is 11.8 Å². The van der Waals surface area contributed by atoms with E-state index in [0.717, 1.165) is 18.7 Å². The molecule has 0 saturated carbocycles. The minimum atomic E-state index is -0.636. The van der Waals surface area contributed by atoms with Crippen molar-refractivity contribution in [3.8, 4) is 5.75 Å². The highest BCUT2D eigenvalue weighted by Gasteiger charge is 2.25. The number of anilines is 1. The van der Waals surface area contributed by atoms with E-state index in [1.54, 1.807) is 12.1 Å². The molecule has 1 saturated heterocycles. The molecule has 0 radical (unpaired) electrons.